The number of nitrogens with zero attached hydrogens (tertiary/aromatic N) is 5. The van der Waals surface area contributed by atoms with Gasteiger partial charge in [-0.3, -0.25) is 9.48 Å². The van der Waals surface area contributed by atoms with Gasteiger partial charge in [0.15, 0.2) is 11.6 Å². The van der Waals surface area contributed by atoms with Gasteiger partial charge in [-0.25, -0.2) is 9.97 Å². The van der Waals surface area contributed by atoms with Crippen molar-refractivity contribution < 1.29 is 4.79 Å². The predicted molar refractivity (Wildman–Crippen MR) is 92.7 cm³/mol. The van der Waals surface area contributed by atoms with Crippen LogP contribution >= 0.6 is 11.3 Å². The number of nitrogens with one attached hydrogen (secondary N) is 1. The summed E-state index contributed by atoms with van der Waals surface area (Å²) in [5.74, 6) is 1.06. The first kappa shape index (κ1) is 14.6. The molecule has 0 radical (unpaired) electrons. The zero-order valence-corrected chi connectivity index (χ0v) is 13.7. The molecule has 7 nitrogen and oxygen atoms in total. The van der Waals surface area contributed by atoms with Gasteiger partial charge in [0.05, 0.1) is 16.5 Å². The largest absolute Gasteiger partial charge is 0.313 e. The Bertz CT molecular complexity index is 1000. The molecule has 0 saturated heterocycles. The van der Waals surface area contributed by atoms with Crippen molar-refractivity contribution in [1.82, 2.24) is 24.3 Å². The summed E-state index contributed by atoms with van der Waals surface area (Å²) in [6.45, 7) is 0.143. The van der Waals surface area contributed by atoms with Crippen LogP contribution in [0.15, 0.2) is 47.4 Å². The Morgan fingerprint density at radius 3 is 2.92 bits per heavy atom. The van der Waals surface area contributed by atoms with Crippen LogP contribution in [0.2, 0.25) is 0 Å². The Morgan fingerprint density at radius 2 is 2.17 bits per heavy atom. The van der Waals surface area contributed by atoms with E-state index in [1.54, 1.807) is 29.5 Å². The molecule has 0 bridgehead atoms. The van der Waals surface area contributed by atoms with E-state index < -0.39 is 0 Å². The molecule has 0 atom stereocenters. The molecule has 0 aliphatic rings. The highest BCUT2D eigenvalue weighted by Gasteiger charge is 2.16. The van der Waals surface area contributed by atoms with Gasteiger partial charge in [-0.1, -0.05) is 12.1 Å². The fourth-order valence-corrected chi connectivity index (χ4v) is 3.09. The highest BCUT2D eigenvalue weighted by atomic mass is 32.1. The number of anilines is 1. The van der Waals surface area contributed by atoms with Crippen molar-refractivity contribution in [3.8, 4) is 11.5 Å². The molecule has 120 valence electrons. The van der Waals surface area contributed by atoms with Gasteiger partial charge >= 0.3 is 0 Å². The second kappa shape index (κ2) is 5.89. The summed E-state index contributed by atoms with van der Waals surface area (Å²) in [5.41, 5.74) is 4.26. The van der Waals surface area contributed by atoms with Gasteiger partial charge in [-0.05, 0) is 12.1 Å². The molecule has 1 N–H and O–H groups in total. The zero-order chi connectivity index (χ0) is 16.5. The molecule has 8 heteroatoms. The third-order valence-electron chi connectivity index (χ3n) is 3.60. The van der Waals surface area contributed by atoms with E-state index in [0.717, 1.165) is 16.7 Å². The van der Waals surface area contributed by atoms with Crippen molar-refractivity contribution in [1.29, 1.82) is 0 Å². The van der Waals surface area contributed by atoms with Crippen molar-refractivity contribution in [2.75, 3.05) is 5.32 Å². The van der Waals surface area contributed by atoms with E-state index >= 15 is 0 Å². The van der Waals surface area contributed by atoms with Gasteiger partial charge in [0, 0.05) is 24.7 Å². The van der Waals surface area contributed by atoms with Crippen LogP contribution in [0.25, 0.3) is 22.6 Å². The van der Waals surface area contributed by atoms with Crippen LogP contribution in [0.5, 0.6) is 0 Å². The first-order valence-electron chi connectivity index (χ1n) is 7.34. The number of carbonyl (C=O) groups excluding carboxylic acids is 1. The van der Waals surface area contributed by atoms with Crippen molar-refractivity contribution in [3.63, 3.8) is 0 Å². The van der Waals surface area contributed by atoms with E-state index in [4.69, 9.17) is 0 Å². The molecular formula is C16H14N6OS. The fraction of sp³-hybridized carbons (Fsp3) is 0.125. The molecule has 0 unspecified atom stereocenters. The summed E-state index contributed by atoms with van der Waals surface area (Å²) >= 11 is 1.50. The Hall–Kier alpha value is -3.00. The first-order valence-corrected chi connectivity index (χ1v) is 8.28. The maximum Gasteiger partial charge on any atom is 0.245 e. The maximum atomic E-state index is 12.4. The number of amides is 1. The highest BCUT2D eigenvalue weighted by Crippen LogP contribution is 2.24. The number of rotatable bonds is 4. The summed E-state index contributed by atoms with van der Waals surface area (Å²) in [4.78, 5) is 21.4. The van der Waals surface area contributed by atoms with Crippen molar-refractivity contribution >= 4 is 34.1 Å². The minimum absolute atomic E-state index is 0.143. The van der Waals surface area contributed by atoms with E-state index in [-0.39, 0.29) is 12.5 Å². The summed E-state index contributed by atoms with van der Waals surface area (Å²) in [7, 11) is 1.80. The summed E-state index contributed by atoms with van der Waals surface area (Å²) in [6, 6.07) is 9.50. The first-order chi connectivity index (χ1) is 11.7. The van der Waals surface area contributed by atoms with Gasteiger partial charge in [0.25, 0.3) is 0 Å². The molecule has 0 saturated carbocycles. The molecule has 0 spiro atoms. The third-order valence-corrected chi connectivity index (χ3v) is 4.19. The molecule has 0 aliphatic carbocycles. The predicted octanol–water partition coefficient (Wildman–Crippen LogP) is 2.53. The number of imidazole rings is 1. The lowest BCUT2D eigenvalue weighted by Gasteiger charge is -2.07. The SMILES string of the molecule is Cn1ccc(NC(=O)Cn2c(-c3cscn3)nc3ccccc32)n1. The quantitative estimate of drug-likeness (QED) is 0.620. The Labute approximate surface area is 141 Å². The molecule has 4 rings (SSSR count). The lowest BCUT2D eigenvalue weighted by Crippen LogP contribution is -2.19. The average molecular weight is 338 g/mol. The van der Waals surface area contributed by atoms with Crippen LogP contribution in [0.1, 0.15) is 0 Å². The Kier molecular flexibility index (Phi) is 3.58. The summed E-state index contributed by atoms with van der Waals surface area (Å²) in [5, 5.41) is 8.89. The normalized spacial score (nSPS) is 11.0. The van der Waals surface area contributed by atoms with E-state index in [1.807, 2.05) is 34.2 Å². The standard InChI is InChI=1S/C16H14N6OS/c1-21-7-6-14(20-21)19-15(23)8-22-13-5-3-2-4-11(13)18-16(22)12-9-24-10-17-12/h2-7,9-10H,8H2,1H3,(H,19,20,23). The highest BCUT2D eigenvalue weighted by molar-refractivity contribution is 7.07. The number of aryl methyl sites for hydroxylation is 1. The lowest BCUT2D eigenvalue weighted by molar-refractivity contribution is -0.116. The number of aromatic nitrogens is 5. The second-order valence-corrected chi connectivity index (χ2v) is 6.03. The second-order valence-electron chi connectivity index (χ2n) is 5.31. The molecule has 3 heterocycles. The molecule has 3 aromatic heterocycles. The van der Waals surface area contributed by atoms with Crippen LogP contribution in [0.4, 0.5) is 5.82 Å². The number of thiazole rings is 1. The van der Waals surface area contributed by atoms with E-state index in [9.17, 15) is 4.79 Å². The van der Waals surface area contributed by atoms with Gasteiger partial charge in [-0.15, -0.1) is 11.3 Å². The molecular weight excluding hydrogens is 324 g/mol. The number of benzene rings is 1. The monoisotopic (exact) mass is 338 g/mol. The van der Waals surface area contributed by atoms with E-state index in [2.05, 4.69) is 20.4 Å². The molecule has 1 aromatic carbocycles. The fourth-order valence-electron chi connectivity index (χ4n) is 2.56. The minimum atomic E-state index is -0.159. The Morgan fingerprint density at radius 1 is 1.29 bits per heavy atom. The van der Waals surface area contributed by atoms with Gasteiger partial charge in [0.1, 0.15) is 12.2 Å². The third kappa shape index (κ3) is 2.67. The topological polar surface area (TPSA) is 77.6 Å². The number of carbonyl (C=O) groups is 1. The minimum Gasteiger partial charge on any atom is -0.313 e. The van der Waals surface area contributed by atoms with Crippen molar-refractivity contribution in [2.24, 2.45) is 7.05 Å². The molecule has 0 fully saturated rings. The number of hydrogen-bond acceptors (Lipinski definition) is 5. The maximum absolute atomic E-state index is 12.4. The lowest BCUT2D eigenvalue weighted by atomic mass is 10.3. The summed E-state index contributed by atoms with van der Waals surface area (Å²) in [6.07, 6.45) is 1.78. The Balaban J connectivity index is 1.69. The summed E-state index contributed by atoms with van der Waals surface area (Å²) < 4.78 is 3.52. The van der Waals surface area contributed by atoms with Crippen LogP contribution in [-0.4, -0.2) is 30.2 Å². The number of fused-ring (bicyclic) bond motifs is 1. The van der Waals surface area contributed by atoms with Crippen molar-refractivity contribution in [2.45, 2.75) is 6.54 Å². The number of hydrogen-bond donors (Lipinski definition) is 1. The van der Waals surface area contributed by atoms with Gasteiger partial charge in [-0.2, -0.15) is 5.10 Å². The molecule has 4 aromatic rings. The van der Waals surface area contributed by atoms with E-state index in [0.29, 0.717) is 11.6 Å². The van der Waals surface area contributed by atoms with E-state index in [1.165, 1.54) is 11.3 Å². The molecule has 1 amide bonds. The number of para-hydroxylation sites is 2. The smallest absolute Gasteiger partial charge is 0.245 e. The zero-order valence-electron chi connectivity index (χ0n) is 12.9. The molecule has 0 aliphatic heterocycles. The van der Waals surface area contributed by atoms with Gasteiger partial charge < -0.3 is 9.88 Å². The van der Waals surface area contributed by atoms with Crippen LogP contribution in [0.3, 0.4) is 0 Å². The molecule has 24 heavy (non-hydrogen) atoms. The van der Waals surface area contributed by atoms with Crippen LogP contribution < -0.4 is 5.32 Å². The van der Waals surface area contributed by atoms with Crippen LogP contribution in [0, 0.1) is 0 Å². The average Bonchev–Trinajstić information content (AvgIpc) is 3.28. The van der Waals surface area contributed by atoms with Crippen LogP contribution in [-0.2, 0) is 18.4 Å². The van der Waals surface area contributed by atoms with Crippen molar-refractivity contribution in [3.05, 3.63) is 47.4 Å². The van der Waals surface area contributed by atoms with Gasteiger partial charge in [0.2, 0.25) is 5.91 Å².